The number of benzene rings is 2. The van der Waals surface area contributed by atoms with Crippen LogP contribution in [0, 0.1) is 20.8 Å². The Bertz CT molecular complexity index is 1030. The molecule has 2 aromatic rings. The summed E-state index contributed by atoms with van der Waals surface area (Å²) in [6.07, 6.45) is 2.87. The second-order valence-electron chi connectivity index (χ2n) is 7.90. The zero-order valence-corrected chi connectivity index (χ0v) is 19.0. The van der Waals surface area contributed by atoms with Crippen LogP contribution in [0.2, 0.25) is 0 Å². The predicted octanol–water partition coefficient (Wildman–Crippen LogP) is 3.83. The number of rotatable bonds is 6. The summed E-state index contributed by atoms with van der Waals surface area (Å²) in [5.74, 6) is 0.331. The first-order chi connectivity index (χ1) is 14.2. The van der Waals surface area contributed by atoms with E-state index in [-0.39, 0.29) is 17.4 Å². The highest BCUT2D eigenvalue weighted by atomic mass is 32.2. The average molecular weight is 431 g/mol. The van der Waals surface area contributed by atoms with Gasteiger partial charge in [0.25, 0.3) is 5.91 Å². The van der Waals surface area contributed by atoms with Crippen molar-refractivity contribution in [3.63, 3.8) is 0 Å². The van der Waals surface area contributed by atoms with Gasteiger partial charge in [-0.05, 0) is 80.6 Å². The van der Waals surface area contributed by atoms with E-state index in [0.29, 0.717) is 24.4 Å². The molecule has 0 bridgehead atoms. The van der Waals surface area contributed by atoms with Gasteiger partial charge < -0.3 is 9.64 Å². The third-order valence-corrected chi connectivity index (χ3v) is 7.60. The van der Waals surface area contributed by atoms with Crippen molar-refractivity contribution in [3.05, 3.63) is 53.1 Å². The molecule has 0 N–H and O–H groups in total. The number of likely N-dealkylation sites (N-methyl/N-ethyl adjacent to an activating group) is 1. The molecule has 2 aromatic carbocycles. The van der Waals surface area contributed by atoms with E-state index in [1.807, 2.05) is 32.0 Å². The highest BCUT2D eigenvalue weighted by Gasteiger charge is 2.26. The summed E-state index contributed by atoms with van der Waals surface area (Å²) in [5, 5.41) is 0. The molecule has 0 aromatic heterocycles. The number of sulfonamides is 1. The molecule has 1 amide bonds. The van der Waals surface area contributed by atoms with E-state index in [9.17, 15) is 13.2 Å². The third kappa shape index (κ3) is 4.84. The molecular weight excluding hydrogens is 400 g/mol. The van der Waals surface area contributed by atoms with E-state index in [2.05, 4.69) is 0 Å². The molecule has 0 radical (unpaired) electrons. The summed E-state index contributed by atoms with van der Waals surface area (Å²) in [6, 6.07) is 10.7. The highest BCUT2D eigenvalue weighted by Crippen LogP contribution is 2.26. The van der Waals surface area contributed by atoms with Crippen molar-refractivity contribution in [2.45, 2.75) is 44.9 Å². The molecule has 162 valence electrons. The second-order valence-corrected chi connectivity index (χ2v) is 9.84. The fraction of sp³-hybridized carbons (Fsp3) is 0.435. The quantitative estimate of drug-likeness (QED) is 0.699. The number of amides is 1. The largest absolute Gasteiger partial charge is 0.483 e. The maximum atomic E-state index is 12.8. The number of ether oxygens (including phenoxy) is 1. The Kier molecular flexibility index (Phi) is 6.83. The van der Waals surface area contributed by atoms with Crippen LogP contribution in [-0.2, 0) is 14.8 Å². The van der Waals surface area contributed by atoms with Gasteiger partial charge in [0.2, 0.25) is 10.0 Å². The molecule has 7 heteroatoms. The van der Waals surface area contributed by atoms with E-state index >= 15 is 0 Å². The lowest BCUT2D eigenvalue weighted by Gasteiger charge is -2.26. The number of anilines is 1. The summed E-state index contributed by atoms with van der Waals surface area (Å²) in [5.41, 5.74) is 3.79. The van der Waals surface area contributed by atoms with Gasteiger partial charge in [-0.2, -0.15) is 4.31 Å². The van der Waals surface area contributed by atoms with E-state index in [1.54, 1.807) is 41.4 Å². The minimum absolute atomic E-state index is 0.123. The SMILES string of the molecule is Cc1ccc(N(C)C(=O)COc2ccc(S(=O)(=O)N3CCCCC3)cc2C)cc1C. The van der Waals surface area contributed by atoms with Gasteiger partial charge >= 0.3 is 0 Å². The Hall–Kier alpha value is -2.38. The normalized spacial score (nSPS) is 15.1. The fourth-order valence-corrected chi connectivity index (χ4v) is 5.12. The van der Waals surface area contributed by atoms with Crippen LogP contribution < -0.4 is 9.64 Å². The van der Waals surface area contributed by atoms with Gasteiger partial charge in [-0.3, -0.25) is 4.79 Å². The monoisotopic (exact) mass is 430 g/mol. The Labute approximate surface area is 179 Å². The second kappa shape index (κ2) is 9.18. The number of piperidine rings is 1. The topological polar surface area (TPSA) is 66.9 Å². The van der Waals surface area contributed by atoms with Crippen LogP contribution in [0.15, 0.2) is 41.3 Å². The first-order valence-corrected chi connectivity index (χ1v) is 11.7. The van der Waals surface area contributed by atoms with Crippen LogP contribution in [0.3, 0.4) is 0 Å². The lowest BCUT2D eigenvalue weighted by atomic mass is 10.1. The minimum atomic E-state index is -3.49. The number of carbonyl (C=O) groups is 1. The van der Waals surface area contributed by atoms with Gasteiger partial charge in [0, 0.05) is 25.8 Å². The average Bonchev–Trinajstić information content (AvgIpc) is 2.74. The van der Waals surface area contributed by atoms with Crippen molar-refractivity contribution in [2.24, 2.45) is 0 Å². The molecule has 1 aliphatic heterocycles. The Morgan fingerprint density at radius 3 is 2.30 bits per heavy atom. The summed E-state index contributed by atoms with van der Waals surface area (Å²) >= 11 is 0. The first kappa shape index (κ1) is 22.3. The number of hydrogen-bond acceptors (Lipinski definition) is 4. The molecule has 0 spiro atoms. The van der Waals surface area contributed by atoms with Gasteiger partial charge in [-0.25, -0.2) is 8.42 Å². The standard InChI is InChI=1S/C23H30N2O4S/c1-17-8-9-20(14-18(17)2)24(4)23(26)16-29-22-11-10-21(15-19(22)3)30(27,28)25-12-6-5-7-13-25/h8-11,14-15H,5-7,12-13,16H2,1-4H3. The van der Waals surface area contributed by atoms with Gasteiger partial charge in [0.1, 0.15) is 5.75 Å². The van der Waals surface area contributed by atoms with Crippen LogP contribution in [-0.4, -0.2) is 45.4 Å². The third-order valence-electron chi connectivity index (χ3n) is 5.70. The lowest BCUT2D eigenvalue weighted by molar-refractivity contribution is -0.120. The Morgan fingerprint density at radius 1 is 0.967 bits per heavy atom. The van der Waals surface area contributed by atoms with Gasteiger partial charge in [-0.15, -0.1) is 0 Å². The number of hydrogen-bond donors (Lipinski definition) is 0. The Balaban J connectivity index is 1.67. The van der Waals surface area contributed by atoms with Crippen LogP contribution >= 0.6 is 0 Å². The molecule has 1 saturated heterocycles. The fourth-order valence-electron chi connectivity index (χ4n) is 3.51. The van der Waals surface area contributed by atoms with Gasteiger partial charge in [-0.1, -0.05) is 12.5 Å². The molecule has 1 heterocycles. The van der Waals surface area contributed by atoms with Crippen molar-refractivity contribution < 1.29 is 17.9 Å². The van der Waals surface area contributed by atoms with Crippen molar-refractivity contribution in [1.82, 2.24) is 4.31 Å². The zero-order chi connectivity index (χ0) is 21.9. The van der Waals surface area contributed by atoms with Crippen LogP contribution in [0.5, 0.6) is 5.75 Å². The summed E-state index contributed by atoms with van der Waals surface area (Å²) in [7, 11) is -1.77. The number of carbonyl (C=O) groups excluding carboxylic acids is 1. The van der Waals surface area contributed by atoms with Crippen molar-refractivity contribution >= 4 is 21.6 Å². The van der Waals surface area contributed by atoms with E-state index < -0.39 is 10.0 Å². The van der Waals surface area contributed by atoms with Crippen molar-refractivity contribution in [1.29, 1.82) is 0 Å². The first-order valence-electron chi connectivity index (χ1n) is 10.3. The maximum absolute atomic E-state index is 12.8. The van der Waals surface area contributed by atoms with Crippen LogP contribution in [0.1, 0.15) is 36.0 Å². The minimum Gasteiger partial charge on any atom is -0.483 e. The molecule has 1 fully saturated rings. The highest BCUT2D eigenvalue weighted by molar-refractivity contribution is 7.89. The maximum Gasteiger partial charge on any atom is 0.264 e. The number of aryl methyl sites for hydroxylation is 3. The molecule has 0 saturated carbocycles. The Morgan fingerprint density at radius 2 is 1.67 bits per heavy atom. The van der Waals surface area contributed by atoms with Crippen LogP contribution in [0.25, 0.3) is 0 Å². The van der Waals surface area contributed by atoms with E-state index in [1.165, 1.54) is 5.56 Å². The van der Waals surface area contributed by atoms with Gasteiger partial charge in [0.15, 0.2) is 6.61 Å². The lowest BCUT2D eigenvalue weighted by Crippen LogP contribution is -2.35. The zero-order valence-electron chi connectivity index (χ0n) is 18.1. The molecule has 0 unspecified atom stereocenters. The molecule has 0 aliphatic carbocycles. The summed E-state index contributed by atoms with van der Waals surface area (Å²) < 4.78 is 32.9. The smallest absolute Gasteiger partial charge is 0.264 e. The van der Waals surface area contributed by atoms with E-state index in [4.69, 9.17) is 4.74 Å². The van der Waals surface area contributed by atoms with Crippen molar-refractivity contribution in [2.75, 3.05) is 31.6 Å². The van der Waals surface area contributed by atoms with Crippen molar-refractivity contribution in [3.8, 4) is 5.75 Å². The van der Waals surface area contributed by atoms with E-state index in [0.717, 1.165) is 30.5 Å². The molecule has 6 nitrogen and oxygen atoms in total. The van der Waals surface area contributed by atoms with Crippen LogP contribution in [0.4, 0.5) is 5.69 Å². The molecule has 0 atom stereocenters. The number of nitrogens with zero attached hydrogens (tertiary/aromatic N) is 2. The summed E-state index contributed by atoms with van der Waals surface area (Å²) in [6.45, 7) is 6.85. The summed E-state index contributed by atoms with van der Waals surface area (Å²) in [4.78, 5) is 14.4. The predicted molar refractivity (Wildman–Crippen MR) is 119 cm³/mol. The molecule has 30 heavy (non-hydrogen) atoms. The molecule has 1 aliphatic rings. The molecular formula is C23H30N2O4S. The molecule has 3 rings (SSSR count). The van der Waals surface area contributed by atoms with Gasteiger partial charge in [0.05, 0.1) is 4.90 Å².